The molecule has 0 unspecified atom stereocenters. The van der Waals surface area contributed by atoms with Crippen molar-refractivity contribution in [3.05, 3.63) is 96.6 Å². The minimum atomic E-state index is -3.56. The molecule has 0 aliphatic heterocycles. The standard InChI is InChI=1S/C23H23NO2S/c1-3-16-24(27(25,26)23-14-10-19(2)11-15-23)17-6-7-20-12-13-21-8-4-5-9-22(21)18-20/h3-15,18H,1,16-17H2,2H3/b7-6+. The molecular formula is C23H23NO2S. The number of nitrogens with zero attached hydrogens (tertiary/aromatic N) is 1. The lowest BCUT2D eigenvalue weighted by molar-refractivity contribution is 0.474. The maximum absolute atomic E-state index is 12.9. The molecule has 27 heavy (non-hydrogen) atoms. The largest absolute Gasteiger partial charge is 0.243 e. The predicted molar refractivity (Wildman–Crippen MR) is 113 cm³/mol. The molecule has 0 bridgehead atoms. The van der Waals surface area contributed by atoms with Gasteiger partial charge in [0.25, 0.3) is 0 Å². The van der Waals surface area contributed by atoms with Crippen LogP contribution in [0.3, 0.4) is 0 Å². The molecule has 0 spiro atoms. The van der Waals surface area contributed by atoms with Crippen molar-refractivity contribution in [1.29, 1.82) is 0 Å². The minimum absolute atomic E-state index is 0.262. The molecule has 0 aromatic heterocycles. The van der Waals surface area contributed by atoms with E-state index < -0.39 is 10.0 Å². The summed E-state index contributed by atoms with van der Waals surface area (Å²) < 4.78 is 27.2. The molecule has 0 heterocycles. The van der Waals surface area contributed by atoms with E-state index in [9.17, 15) is 8.42 Å². The van der Waals surface area contributed by atoms with Gasteiger partial charge in [0.1, 0.15) is 0 Å². The summed E-state index contributed by atoms with van der Waals surface area (Å²) in [5, 5.41) is 2.35. The monoisotopic (exact) mass is 377 g/mol. The molecule has 3 nitrogen and oxygen atoms in total. The van der Waals surface area contributed by atoms with E-state index in [0.29, 0.717) is 4.90 Å². The van der Waals surface area contributed by atoms with Crippen molar-refractivity contribution in [2.75, 3.05) is 13.1 Å². The number of hydrogen-bond acceptors (Lipinski definition) is 2. The Morgan fingerprint density at radius 3 is 2.33 bits per heavy atom. The molecule has 3 aromatic carbocycles. The zero-order chi connectivity index (χ0) is 19.3. The first-order valence-corrected chi connectivity index (χ1v) is 10.3. The van der Waals surface area contributed by atoms with Gasteiger partial charge in [0.15, 0.2) is 0 Å². The third-order valence-electron chi connectivity index (χ3n) is 4.38. The molecule has 0 aliphatic rings. The molecule has 0 aliphatic carbocycles. The molecule has 0 amide bonds. The fraction of sp³-hybridized carbons (Fsp3) is 0.130. The topological polar surface area (TPSA) is 37.4 Å². The highest BCUT2D eigenvalue weighted by atomic mass is 32.2. The van der Waals surface area contributed by atoms with E-state index in [2.05, 4.69) is 30.8 Å². The second-order valence-corrected chi connectivity index (χ2v) is 8.37. The Hall–Kier alpha value is -2.69. The van der Waals surface area contributed by atoms with Gasteiger partial charge in [-0.25, -0.2) is 8.42 Å². The van der Waals surface area contributed by atoms with Crippen molar-refractivity contribution in [1.82, 2.24) is 4.31 Å². The van der Waals surface area contributed by atoms with Crippen LogP contribution >= 0.6 is 0 Å². The molecule has 0 N–H and O–H groups in total. The molecule has 3 rings (SSSR count). The molecule has 138 valence electrons. The highest BCUT2D eigenvalue weighted by molar-refractivity contribution is 7.89. The summed E-state index contributed by atoms with van der Waals surface area (Å²) >= 11 is 0. The molecule has 0 fully saturated rings. The number of aryl methyl sites for hydroxylation is 1. The third-order valence-corrected chi connectivity index (χ3v) is 6.23. The van der Waals surface area contributed by atoms with E-state index in [0.717, 1.165) is 16.5 Å². The van der Waals surface area contributed by atoms with Crippen LogP contribution in [0.15, 0.2) is 90.4 Å². The third kappa shape index (κ3) is 4.54. The van der Waals surface area contributed by atoms with Gasteiger partial charge < -0.3 is 0 Å². The van der Waals surface area contributed by atoms with Gasteiger partial charge in [0, 0.05) is 13.1 Å². The van der Waals surface area contributed by atoms with Crippen molar-refractivity contribution in [2.45, 2.75) is 11.8 Å². The number of benzene rings is 3. The smallest absolute Gasteiger partial charge is 0.207 e. The van der Waals surface area contributed by atoms with Gasteiger partial charge in [-0.2, -0.15) is 4.31 Å². The first-order chi connectivity index (χ1) is 13.0. The van der Waals surface area contributed by atoms with Gasteiger partial charge in [-0.15, -0.1) is 6.58 Å². The lowest BCUT2D eigenvalue weighted by Gasteiger charge is -2.19. The van der Waals surface area contributed by atoms with Crippen LogP contribution in [0.25, 0.3) is 16.8 Å². The SMILES string of the molecule is C=CCN(C/C=C/c1ccc2ccccc2c1)S(=O)(=O)c1ccc(C)cc1. The van der Waals surface area contributed by atoms with E-state index in [1.54, 1.807) is 18.2 Å². The predicted octanol–water partition coefficient (Wildman–Crippen LogP) is 5.04. The average Bonchev–Trinajstić information content (AvgIpc) is 2.67. The van der Waals surface area contributed by atoms with Gasteiger partial charge >= 0.3 is 0 Å². The van der Waals surface area contributed by atoms with E-state index in [1.165, 1.54) is 9.69 Å². The average molecular weight is 378 g/mol. The zero-order valence-electron chi connectivity index (χ0n) is 15.4. The summed E-state index contributed by atoms with van der Waals surface area (Å²) in [4.78, 5) is 0.300. The van der Waals surface area contributed by atoms with Crippen LogP contribution < -0.4 is 0 Å². The van der Waals surface area contributed by atoms with Crippen LogP contribution in [-0.2, 0) is 10.0 Å². The van der Waals surface area contributed by atoms with E-state index >= 15 is 0 Å². The quantitative estimate of drug-likeness (QED) is 0.541. The second kappa shape index (κ2) is 8.33. The van der Waals surface area contributed by atoms with Crippen molar-refractivity contribution < 1.29 is 8.42 Å². The zero-order valence-corrected chi connectivity index (χ0v) is 16.2. The van der Waals surface area contributed by atoms with E-state index in [4.69, 9.17) is 0 Å². The Labute approximate surface area is 161 Å². The number of rotatable bonds is 7. The molecule has 0 saturated carbocycles. The molecule has 0 radical (unpaired) electrons. The first kappa shape index (κ1) is 19.1. The Morgan fingerprint density at radius 2 is 1.63 bits per heavy atom. The molecule has 0 atom stereocenters. The molecule has 4 heteroatoms. The minimum Gasteiger partial charge on any atom is -0.207 e. The lowest BCUT2D eigenvalue weighted by atomic mass is 10.1. The molecular weight excluding hydrogens is 354 g/mol. The lowest BCUT2D eigenvalue weighted by Crippen LogP contribution is -2.31. The first-order valence-electron chi connectivity index (χ1n) is 8.84. The summed E-state index contributed by atoms with van der Waals surface area (Å²) in [7, 11) is -3.56. The molecule has 0 saturated heterocycles. The summed E-state index contributed by atoms with van der Waals surface area (Å²) in [6.07, 6.45) is 5.43. The van der Waals surface area contributed by atoms with E-state index in [-0.39, 0.29) is 13.1 Å². The fourth-order valence-electron chi connectivity index (χ4n) is 2.89. The van der Waals surface area contributed by atoms with Crippen LogP contribution in [0, 0.1) is 6.92 Å². The summed E-state index contributed by atoms with van der Waals surface area (Å²) in [5.74, 6) is 0. The van der Waals surface area contributed by atoms with Crippen molar-refractivity contribution >= 4 is 26.9 Å². The van der Waals surface area contributed by atoms with Crippen LogP contribution in [-0.4, -0.2) is 25.8 Å². The highest BCUT2D eigenvalue weighted by Crippen LogP contribution is 2.18. The van der Waals surface area contributed by atoms with Crippen LogP contribution in [0.1, 0.15) is 11.1 Å². The van der Waals surface area contributed by atoms with Crippen LogP contribution in [0.4, 0.5) is 0 Å². The summed E-state index contributed by atoms with van der Waals surface area (Å²) in [6, 6.07) is 21.3. The van der Waals surface area contributed by atoms with Gasteiger partial charge in [-0.05, 0) is 41.5 Å². The van der Waals surface area contributed by atoms with Gasteiger partial charge in [0.2, 0.25) is 10.0 Å². The second-order valence-electron chi connectivity index (χ2n) is 6.43. The highest BCUT2D eigenvalue weighted by Gasteiger charge is 2.22. The number of fused-ring (bicyclic) bond motifs is 1. The Kier molecular flexibility index (Phi) is 5.89. The van der Waals surface area contributed by atoms with Gasteiger partial charge in [-0.1, -0.05) is 72.3 Å². The van der Waals surface area contributed by atoms with Crippen LogP contribution in [0.5, 0.6) is 0 Å². The maximum atomic E-state index is 12.9. The Bertz CT molecular complexity index is 1070. The summed E-state index contributed by atoms with van der Waals surface area (Å²) in [6.45, 7) is 6.18. The van der Waals surface area contributed by atoms with Crippen LogP contribution in [0.2, 0.25) is 0 Å². The Balaban J connectivity index is 1.80. The Morgan fingerprint density at radius 1 is 0.926 bits per heavy atom. The fourth-order valence-corrected chi connectivity index (χ4v) is 4.25. The normalized spacial score (nSPS) is 12.1. The number of hydrogen-bond donors (Lipinski definition) is 0. The van der Waals surface area contributed by atoms with Gasteiger partial charge in [0.05, 0.1) is 4.90 Å². The number of sulfonamides is 1. The van der Waals surface area contributed by atoms with Crippen molar-refractivity contribution in [3.63, 3.8) is 0 Å². The van der Waals surface area contributed by atoms with Crippen molar-refractivity contribution in [3.8, 4) is 0 Å². The van der Waals surface area contributed by atoms with Crippen molar-refractivity contribution in [2.24, 2.45) is 0 Å². The van der Waals surface area contributed by atoms with E-state index in [1.807, 2.05) is 49.4 Å². The maximum Gasteiger partial charge on any atom is 0.243 e. The summed E-state index contributed by atoms with van der Waals surface area (Å²) in [5.41, 5.74) is 2.07. The van der Waals surface area contributed by atoms with Gasteiger partial charge in [-0.3, -0.25) is 0 Å². The molecule has 3 aromatic rings.